The lowest BCUT2D eigenvalue weighted by Gasteiger charge is -2.26. The van der Waals surface area contributed by atoms with Crippen molar-refractivity contribution in [2.75, 3.05) is 27.2 Å². The Bertz CT molecular complexity index is 1100. The van der Waals surface area contributed by atoms with Crippen LogP contribution in [0.4, 0.5) is 10.1 Å². The molecule has 0 unspecified atom stereocenters. The zero-order valence-electron chi connectivity index (χ0n) is 17.3. The fraction of sp³-hybridized carbons (Fsp3) is 0.273. The second-order valence-corrected chi connectivity index (χ2v) is 7.61. The van der Waals surface area contributed by atoms with Gasteiger partial charge in [-0.15, -0.1) is 0 Å². The van der Waals surface area contributed by atoms with Crippen molar-refractivity contribution in [2.45, 2.75) is 13.0 Å². The third-order valence-electron chi connectivity index (χ3n) is 5.17. The largest absolute Gasteiger partial charge is 0.507 e. The Morgan fingerprint density at radius 1 is 1.23 bits per heavy atom. The molecule has 1 fully saturated rings. The predicted octanol–water partition coefficient (Wildman–Crippen LogP) is 3.03. The summed E-state index contributed by atoms with van der Waals surface area (Å²) in [6.07, 6.45) is 0. The van der Waals surface area contributed by atoms with Crippen LogP contribution >= 0.6 is 0 Å². The predicted molar refractivity (Wildman–Crippen MR) is 112 cm³/mol. The number of Topliss-reactive ketones (excluding diaryl/α,β-unsaturated/α-hetero) is 1. The Labute approximate surface area is 178 Å². The number of likely N-dealkylation sites (tertiary alicyclic amines) is 1. The Kier molecular flexibility index (Phi) is 6.16. The molecule has 1 heterocycles. The maximum atomic E-state index is 14.1. The topological polar surface area (TPSA) is 104 Å². The third kappa shape index (κ3) is 4.31. The second kappa shape index (κ2) is 8.65. The average molecular weight is 427 g/mol. The molecule has 1 N–H and O–H groups in total. The molecule has 1 saturated heterocycles. The maximum absolute atomic E-state index is 14.1. The van der Waals surface area contributed by atoms with Crippen molar-refractivity contribution in [1.82, 2.24) is 9.80 Å². The zero-order chi connectivity index (χ0) is 22.9. The first kappa shape index (κ1) is 22.1. The van der Waals surface area contributed by atoms with E-state index in [0.29, 0.717) is 17.7 Å². The minimum absolute atomic E-state index is 0.0455. The van der Waals surface area contributed by atoms with Crippen LogP contribution in [0.2, 0.25) is 0 Å². The maximum Gasteiger partial charge on any atom is 0.295 e. The molecule has 0 aromatic heterocycles. The number of ketones is 1. The highest BCUT2D eigenvalue weighted by Gasteiger charge is 2.46. The fourth-order valence-electron chi connectivity index (χ4n) is 3.47. The first-order valence-electron chi connectivity index (χ1n) is 9.56. The summed E-state index contributed by atoms with van der Waals surface area (Å²) in [5.74, 6) is -2.85. The molecule has 31 heavy (non-hydrogen) atoms. The summed E-state index contributed by atoms with van der Waals surface area (Å²) in [4.78, 5) is 39.4. The van der Waals surface area contributed by atoms with Gasteiger partial charge in [-0.25, -0.2) is 4.39 Å². The van der Waals surface area contributed by atoms with Crippen LogP contribution in [0.25, 0.3) is 5.76 Å². The van der Waals surface area contributed by atoms with E-state index in [1.54, 1.807) is 27.1 Å². The van der Waals surface area contributed by atoms with Gasteiger partial charge in [-0.3, -0.25) is 19.7 Å². The Balaban J connectivity index is 2.20. The molecular formula is C22H22FN3O5. The quantitative estimate of drug-likeness (QED) is 0.250. The van der Waals surface area contributed by atoms with Crippen LogP contribution in [-0.2, 0) is 9.59 Å². The molecule has 0 saturated carbocycles. The summed E-state index contributed by atoms with van der Waals surface area (Å²) in [6, 6.07) is 8.51. The summed E-state index contributed by atoms with van der Waals surface area (Å²) in [6.45, 7) is 2.14. The summed E-state index contributed by atoms with van der Waals surface area (Å²) >= 11 is 0. The van der Waals surface area contributed by atoms with Crippen LogP contribution in [0, 0.1) is 22.9 Å². The number of aliphatic hydroxyl groups excluding tert-OH is 1. The molecule has 0 aliphatic carbocycles. The SMILES string of the molecule is Cc1ccc(C(O)=C2C(=O)C(=O)N(CCN(C)C)[C@@H]2c2cccc([N+](=O)[O-])c2)cc1F. The molecule has 9 heteroatoms. The minimum atomic E-state index is -1.04. The highest BCUT2D eigenvalue weighted by molar-refractivity contribution is 6.46. The van der Waals surface area contributed by atoms with Crippen molar-refractivity contribution in [3.05, 3.63) is 80.7 Å². The van der Waals surface area contributed by atoms with Crippen molar-refractivity contribution in [3.8, 4) is 0 Å². The lowest BCUT2D eigenvalue weighted by Crippen LogP contribution is -2.35. The van der Waals surface area contributed by atoms with Gasteiger partial charge in [0.1, 0.15) is 11.6 Å². The number of nitro groups is 1. The van der Waals surface area contributed by atoms with E-state index in [1.807, 2.05) is 4.90 Å². The molecule has 0 bridgehead atoms. The number of halogens is 1. The average Bonchev–Trinajstić information content (AvgIpc) is 2.98. The molecule has 8 nitrogen and oxygen atoms in total. The normalized spacial score (nSPS) is 18.1. The van der Waals surface area contributed by atoms with Crippen LogP contribution in [0.1, 0.15) is 22.7 Å². The van der Waals surface area contributed by atoms with E-state index in [-0.39, 0.29) is 23.4 Å². The summed E-state index contributed by atoms with van der Waals surface area (Å²) < 4.78 is 14.1. The Morgan fingerprint density at radius 2 is 1.94 bits per heavy atom. The number of rotatable bonds is 6. The zero-order valence-corrected chi connectivity index (χ0v) is 17.3. The Hall–Kier alpha value is -3.59. The number of non-ortho nitro benzene ring substituents is 1. The molecule has 2 aromatic rings. The molecule has 1 atom stereocenters. The van der Waals surface area contributed by atoms with Crippen molar-refractivity contribution in [3.63, 3.8) is 0 Å². The summed E-state index contributed by atoms with van der Waals surface area (Å²) in [5.41, 5.74) is 0.272. The van der Waals surface area contributed by atoms with Crippen LogP contribution in [-0.4, -0.2) is 58.7 Å². The van der Waals surface area contributed by atoms with E-state index >= 15 is 0 Å². The highest BCUT2D eigenvalue weighted by Crippen LogP contribution is 2.40. The third-order valence-corrected chi connectivity index (χ3v) is 5.17. The van der Waals surface area contributed by atoms with Gasteiger partial charge in [-0.05, 0) is 38.2 Å². The number of nitro benzene ring substituents is 1. The number of benzene rings is 2. The van der Waals surface area contributed by atoms with Crippen molar-refractivity contribution in [1.29, 1.82) is 0 Å². The number of carbonyl (C=O) groups excluding carboxylic acids is 2. The number of aryl methyl sites for hydroxylation is 1. The molecule has 1 aliphatic heterocycles. The molecule has 0 radical (unpaired) electrons. The molecule has 0 spiro atoms. The van der Waals surface area contributed by atoms with Gasteiger partial charge in [0.2, 0.25) is 0 Å². The van der Waals surface area contributed by atoms with E-state index < -0.39 is 34.2 Å². The van der Waals surface area contributed by atoms with Crippen LogP contribution in [0.15, 0.2) is 48.0 Å². The molecule has 162 valence electrons. The van der Waals surface area contributed by atoms with Crippen molar-refractivity contribution >= 4 is 23.1 Å². The van der Waals surface area contributed by atoms with Crippen LogP contribution in [0.3, 0.4) is 0 Å². The van der Waals surface area contributed by atoms with E-state index in [4.69, 9.17) is 0 Å². The number of nitrogens with zero attached hydrogens (tertiary/aromatic N) is 3. The number of carbonyl (C=O) groups is 2. The lowest BCUT2D eigenvalue weighted by atomic mass is 9.94. The van der Waals surface area contributed by atoms with Gasteiger partial charge in [0.05, 0.1) is 16.5 Å². The number of amides is 1. The summed E-state index contributed by atoms with van der Waals surface area (Å²) in [7, 11) is 3.60. The molecule has 1 amide bonds. The lowest BCUT2D eigenvalue weighted by molar-refractivity contribution is -0.384. The highest BCUT2D eigenvalue weighted by atomic mass is 19.1. The second-order valence-electron chi connectivity index (χ2n) is 7.61. The van der Waals surface area contributed by atoms with Crippen molar-refractivity contribution < 1.29 is 24.0 Å². The molecule has 1 aliphatic rings. The Morgan fingerprint density at radius 3 is 2.55 bits per heavy atom. The molecule has 2 aromatic carbocycles. The van der Waals surface area contributed by atoms with Gasteiger partial charge in [0.15, 0.2) is 0 Å². The van der Waals surface area contributed by atoms with Gasteiger partial charge in [0.25, 0.3) is 17.4 Å². The minimum Gasteiger partial charge on any atom is -0.507 e. The van der Waals surface area contributed by atoms with Gasteiger partial charge in [-0.2, -0.15) is 0 Å². The standard InChI is InChI=1S/C22H22FN3O5/c1-13-7-8-15(12-17(13)23)20(27)18-19(14-5-4-6-16(11-14)26(30)31)25(10-9-24(2)3)22(29)21(18)28/h4-8,11-12,19,27H,9-10H2,1-3H3/t19-/m1/s1. The first-order chi connectivity index (χ1) is 14.6. The van der Waals surface area contributed by atoms with E-state index in [0.717, 1.165) is 6.07 Å². The van der Waals surface area contributed by atoms with E-state index in [9.17, 15) is 29.2 Å². The first-order valence-corrected chi connectivity index (χ1v) is 9.56. The summed E-state index contributed by atoms with van der Waals surface area (Å²) in [5, 5.41) is 22.1. The van der Waals surface area contributed by atoms with Crippen molar-refractivity contribution in [2.24, 2.45) is 0 Å². The van der Waals surface area contributed by atoms with E-state index in [2.05, 4.69) is 0 Å². The van der Waals surface area contributed by atoms with Crippen LogP contribution < -0.4 is 0 Å². The molecule has 3 rings (SSSR count). The monoisotopic (exact) mass is 427 g/mol. The van der Waals surface area contributed by atoms with Crippen LogP contribution in [0.5, 0.6) is 0 Å². The fourth-order valence-corrected chi connectivity index (χ4v) is 3.47. The van der Waals surface area contributed by atoms with Gasteiger partial charge in [0, 0.05) is 30.8 Å². The smallest absolute Gasteiger partial charge is 0.295 e. The van der Waals surface area contributed by atoms with Gasteiger partial charge >= 0.3 is 0 Å². The number of hydrogen-bond acceptors (Lipinski definition) is 6. The number of likely N-dealkylation sites (N-methyl/N-ethyl adjacent to an activating group) is 1. The van der Waals surface area contributed by atoms with Gasteiger partial charge in [-0.1, -0.05) is 24.3 Å². The number of aliphatic hydroxyl groups is 1. The van der Waals surface area contributed by atoms with E-state index in [1.165, 1.54) is 35.2 Å². The number of hydrogen-bond donors (Lipinski definition) is 1. The van der Waals surface area contributed by atoms with Gasteiger partial charge < -0.3 is 14.9 Å². The molecular weight excluding hydrogens is 405 g/mol.